The lowest BCUT2D eigenvalue weighted by atomic mass is 9.81. The molecule has 0 fully saturated rings. The molecule has 4 heteroatoms. The van der Waals surface area contributed by atoms with Crippen LogP contribution in [0.2, 0.25) is 0 Å². The van der Waals surface area contributed by atoms with E-state index in [0.717, 1.165) is 5.56 Å². The van der Waals surface area contributed by atoms with Crippen LogP contribution in [0, 0.1) is 12.3 Å². The molecule has 3 nitrogen and oxygen atoms in total. The van der Waals surface area contributed by atoms with E-state index in [1.54, 1.807) is 6.07 Å². The van der Waals surface area contributed by atoms with Crippen molar-refractivity contribution in [2.75, 3.05) is 6.61 Å². The summed E-state index contributed by atoms with van der Waals surface area (Å²) in [6.45, 7) is 5.68. The molecule has 16 heavy (non-hydrogen) atoms. The van der Waals surface area contributed by atoms with Crippen molar-refractivity contribution in [1.82, 2.24) is 0 Å². The van der Waals surface area contributed by atoms with Crippen LogP contribution in [-0.2, 0) is 0 Å². The molecule has 1 aromatic rings. The molecule has 0 saturated carbocycles. The minimum Gasteiger partial charge on any atom is -0.508 e. The van der Waals surface area contributed by atoms with E-state index in [4.69, 9.17) is 5.73 Å². The molecule has 92 valence electrons. The number of halogens is 1. The van der Waals surface area contributed by atoms with Gasteiger partial charge in [0.05, 0.1) is 0 Å². The second-order valence-corrected chi connectivity index (χ2v) is 4.69. The Bertz CT molecular complexity index is 353. The summed E-state index contributed by atoms with van der Waals surface area (Å²) in [5, 5.41) is 18.9. The van der Waals surface area contributed by atoms with Crippen LogP contribution >= 0.6 is 12.4 Å². The largest absolute Gasteiger partial charge is 0.508 e. The van der Waals surface area contributed by atoms with Crippen molar-refractivity contribution in [3.63, 3.8) is 0 Å². The Morgan fingerprint density at radius 3 is 2.44 bits per heavy atom. The third kappa shape index (κ3) is 3.11. The van der Waals surface area contributed by atoms with Gasteiger partial charge in [-0.25, -0.2) is 0 Å². The van der Waals surface area contributed by atoms with Gasteiger partial charge < -0.3 is 15.9 Å². The number of nitrogens with two attached hydrogens (primary N) is 1. The maximum absolute atomic E-state index is 9.70. The second kappa shape index (κ2) is 5.53. The third-order valence-corrected chi connectivity index (χ3v) is 2.77. The van der Waals surface area contributed by atoms with Gasteiger partial charge >= 0.3 is 0 Å². The molecule has 0 aliphatic heterocycles. The highest BCUT2D eigenvalue weighted by molar-refractivity contribution is 5.85. The summed E-state index contributed by atoms with van der Waals surface area (Å²) in [5.41, 5.74) is 7.33. The third-order valence-electron chi connectivity index (χ3n) is 2.77. The Morgan fingerprint density at radius 2 is 1.94 bits per heavy atom. The fraction of sp³-hybridized carbons (Fsp3) is 0.500. The Morgan fingerprint density at radius 1 is 1.38 bits per heavy atom. The van der Waals surface area contributed by atoms with Crippen molar-refractivity contribution < 1.29 is 10.2 Å². The van der Waals surface area contributed by atoms with E-state index in [2.05, 4.69) is 0 Å². The Hall–Kier alpha value is -0.770. The smallest absolute Gasteiger partial charge is 0.120 e. The van der Waals surface area contributed by atoms with Crippen molar-refractivity contribution in [3.05, 3.63) is 29.3 Å². The number of hydrogen-bond donors (Lipinski definition) is 3. The van der Waals surface area contributed by atoms with Gasteiger partial charge in [0, 0.05) is 23.6 Å². The molecule has 0 aliphatic rings. The Balaban J connectivity index is 0.00000225. The summed E-state index contributed by atoms with van der Waals surface area (Å²) < 4.78 is 0. The molecular weight excluding hydrogens is 226 g/mol. The van der Waals surface area contributed by atoms with Gasteiger partial charge in [-0.05, 0) is 13.0 Å². The predicted octanol–water partition coefficient (Wildman–Crippen LogP) is 2.14. The Labute approximate surface area is 103 Å². The maximum atomic E-state index is 9.70. The number of aryl methyl sites for hydroxylation is 1. The lowest BCUT2D eigenvalue weighted by molar-refractivity contribution is 0.131. The van der Waals surface area contributed by atoms with Gasteiger partial charge in [-0.1, -0.05) is 31.5 Å². The Kier molecular flexibility index (Phi) is 5.26. The SMILES string of the molecule is Cc1ccc(O)c([C@@H](N)C(C)(C)CO)c1.Cl. The van der Waals surface area contributed by atoms with Gasteiger partial charge in [-0.2, -0.15) is 0 Å². The van der Waals surface area contributed by atoms with E-state index in [0.29, 0.717) is 5.56 Å². The fourth-order valence-corrected chi connectivity index (χ4v) is 1.44. The van der Waals surface area contributed by atoms with Crippen molar-refractivity contribution in [2.24, 2.45) is 11.1 Å². The highest BCUT2D eigenvalue weighted by Gasteiger charge is 2.28. The lowest BCUT2D eigenvalue weighted by Gasteiger charge is -2.30. The van der Waals surface area contributed by atoms with Gasteiger partial charge in [0.1, 0.15) is 5.75 Å². The zero-order chi connectivity index (χ0) is 11.6. The molecule has 4 N–H and O–H groups in total. The highest BCUT2D eigenvalue weighted by atomic mass is 35.5. The van der Waals surface area contributed by atoms with Crippen LogP contribution in [0.25, 0.3) is 0 Å². The van der Waals surface area contributed by atoms with E-state index in [1.807, 2.05) is 32.9 Å². The van der Waals surface area contributed by atoms with Crippen LogP contribution in [0.5, 0.6) is 5.75 Å². The first-order valence-electron chi connectivity index (χ1n) is 5.04. The minimum atomic E-state index is -0.439. The molecule has 0 aliphatic carbocycles. The van der Waals surface area contributed by atoms with Gasteiger partial charge in [-0.3, -0.25) is 0 Å². The number of rotatable bonds is 3. The average Bonchev–Trinajstić information content (AvgIpc) is 2.20. The molecule has 1 rings (SSSR count). The first-order chi connectivity index (χ1) is 6.88. The van der Waals surface area contributed by atoms with E-state index in [9.17, 15) is 10.2 Å². The molecule has 0 spiro atoms. The first-order valence-corrected chi connectivity index (χ1v) is 5.04. The van der Waals surface area contributed by atoms with Gasteiger partial charge in [0.25, 0.3) is 0 Å². The van der Waals surface area contributed by atoms with Crippen LogP contribution in [-0.4, -0.2) is 16.8 Å². The zero-order valence-electron chi connectivity index (χ0n) is 9.90. The number of phenols is 1. The van der Waals surface area contributed by atoms with E-state index in [1.165, 1.54) is 0 Å². The molecule has 0 aromatic heterocycles. The van der Waals surface area contributed by atoms with Crippen molar-refractivity contribution in [3.8, 4) is 5.75 Å². The van der Waals surface area contributed by atoms with Crippen molar-refractivity contribution in [2.45, 2.75) is 26.8 Å². The number of benzene rings is 1. The summed E-state index contributed by atoms with van der Waals surface area (Å²) in [7, 11) is 0. The van der Waals surface area contributed by atoms with Crippen molar-refractivity contribution >= 4 is 12.4 Å². The maximum Gasteiger partial charge on any atom is 0.120 e. The normalized spacial score (nSPS) is 13.1. The molecule has 0 heterocycles. The standard InChI is InChI=1S/C12H19NO2.ClH/c1-8-4-5-10(15)9(6-8)11(13)12(2,3)7-14;/h4-6,11,14-15H,7,13H2,1-3H3;1H/t11-;/m1./s1. The van der Waals surface area contributed by atoms with Crippen LogP contribution in [0.1, 0.15) is 31.0 Å². The van der Waals surface area contributed by atoms with Gasteiger partial charge in [-0.15, -0.1) is 12.4 Å². The van der Waals surface area contributed by atoms with Crippen LogP contribution < -0.4 is 5.73 Å². The number of aromatic hydroxyl groups is 1. The fourth-order valence-electron chi connectivity index (χ4n) is 1.44. The van der Waals surface area contributed by atoms with Gasteiger partial charge in [0.2, 0.25) is 0 Å². The van der Waals surface area contributed by atoms with Crippen LogP contribution in [0.3, 0.4) is 0 Å². The van der Waals surface area contributed by atoms with Crippen LogP contribution in [0.15, 0.2) is 18.2 Å². The quantitative estimate of drug-likeness (QED) is 0.765. The summed E-state index contributed by atoms with van der Waals surface area (Å²) >= 11 is 0. The van der Waals surface area contributed by atoms with Crippen LogP contribution in [0.4, 0.5) is 0 Å². The molecule has 0 bridgehead atoms. The summed E-state index contributed by atoms with van der Waals surface area (Å²) in [6, 6.07) is 4.95. The van der Waals surface area contributed by atoms with E-state index >= 15 is 0 Å². The van der Waals surface area contributed by atoms with Gasteiger partial charge in [0.15, 0.2) is 0 Å². The monoisotopic (exact) mass is 245 g/mol. The molecule has 0 amide bonds. The summed E-state index contributed by atoms with van der Waals surface area (Å²) in [5.74, 6) is 0.189. The molecule has 0 saturated heterocycles. The first kappa shape index (κ1) is 15.2. The number of aliphatic hydroxyl groups is 1. The lowest BCUT2D eigenvalue weighted by Crippen LogP contribution is -2.32. The number of aliphatic hydroxyl groups excluding tert-OH is 1. The molecular formula is C12H20ClNO2. The average molecular weight is 246 g/mol. The molecule has 0 unspecified atom stereocenters. The second-order valence-electron chi connectivity index (χ2n) is 4.69. The van der Waals surface area contributed by atoms with E-state index < -0.39 is 5.41 Å². The van der Waals surface area contributed by atoms with E-state index in [-0.39, 0.29) is 30.8 Å². The topological polar surface area (TPSA) is 66.5 Å². The highest BCUT2D eigenvalue weighted by Crippen LogP contribution is 2.35. The predicted molar refractivity (Wildman–Crippen MR) is 67.9 cm³/mol. The van der Waals surface area contributed by atoms with Crippen molar-refractivity contribution in [1.29, 1.82) is 0 Å². The summed E-state index contributed by atoms with van der Waals surface area (Å²) in [4.78, 5) is 0. The number of hydrogen-bond acceptors (Lipinski definition) is 3. The molecule has 0 radical (unpaired) electrons. The summed E-state index contributed by atoms with van der Waals surface area (Å²) in [6.07, 6.45) is 0. The molecule has 1 atom stereocenters. The molecule has 1 aromatic carbocycles. The zero-order valence-corrected chi connectivity index (χ0v) is 10.7. The minimum absolute atomic E-state index is 0. The number of phenolic OH excluding ortho intramolecular Hbond substituents is 1.